The largest absolute Gasteiger partial charge is 0.456 e. The van der Waals surface area contributed by atoms with Crippen LogP contribution in [0.5, 0.6) is 0 Å². The van der Waals surface area contributed by atoms with E-state index in [1.165, 1.54) is 55.6 Å². The molecule has 0 fully saturated rings. The first kappa shape index (κ1) is 33.5. The maximum absolute atomic E-state index is 6.82. The molecule has 276 valence electrons. The number of anilines is 3. The van der Waals surface area contributed by atoms with Gasteiger partial charge in [0.15, 0.2) is 0 Å². The predicted molar refractivity (Wildman–Crippen MR) is 244 cm³/mol. The molecular formula is C57H37NO. The summed E-state index contributed by atoms with van der Waals surface area (Å²) in [6.45, 7) is 0. The molecule has 2 nitrogen and oxygen atoms in total. The molecule has 2 heteroatoms. The number of para-hydroxylation sites is 1. The molecule has 1 heterocycles. The van der Waals surface area contributed by atoms with Crippen LogP contribution in [-0.4, -0.2) is 0 Å². The van der Waals surface area contributed by atoms with Gasteiger partial charge in [-0.05, 0) is 98.1 Å². The number of rotatable bonds is 6. The van der Waals surface area contributed by atoms with E-state index < -0.39 is 5.41 Å². The van der Waals surface area contributed by atoms with Gasteiger partial charge in [-0.25, -0.2) is 0 Å². The van der Waals surface area contributed by atoms with Crippen LogP contribution in [0.15, 0.2) is 229 Å². The van der Waals surface area contributed by atoms with Crippen LogP contribution in [0.4, 0.5) is 17.1 Å². The van der Waals surface area contributed by atoms with E-state index in [4.69, 9.17) is 4.42 Å². The van der Waals surface area contributed by atoms with Crippen LogP contribution in [0.25, 0.3) is 66.8 Å². The Morgan fingerprint density at radius 2 is 0.864 bits per heavy atom. The lowest BCUT2D eigenvalue weighted by atomic mass is 9.70. The molecule has 0 bridgehead atoms. The molecule has 0 N–H and O–H groups in total. The second-order valence-corrected chi connectivity index (χ2v) is 15.6. The van der Waals surface area contributed by atoms with Crippen molar-refractivity contribution in [1.29, 1.82) is 0 Å². The Morgan fingerprint density at radius 3 is 1.59 bits per heavy atom. The highest BCUT2D eigenvalue weighted by atomic mass is 16.3. The highest BCUT2D eigenvalue weighted by molar-refractivity contribution is 6.03. The van der Waals surface area contributed by atoms with Crippen molar-refractivity contribution in [2.45, 2.75) is 5.41 Å². The second kappa shape index (κ2) is 13.2. The minimum Gasteiger partial charge on any atom is -0.456 e. The highest BCUT2D eigenvalue weighted by Crippen LogP contribution is 2.65. The molecule has 1 spiro atoms. The molecule has 2 aliphatic carbocycles. The highest BCUT2D eigenvalue weighted by Gasteiger charge is 2.54. The summed E-state index contributed by atoms with van der Waals surface area (Å²) in [6.07, 6.45) is 0. The van der Waals surface area contributed by atoms with Gasteiger partial charge >= 0.3 is 0 Å². The SMILES string of the molecule is c1ccc(-c2ccc(N(c3ccc4c(c3)C3(c5ccccc5-4)c4ccccc4-c4oc5ccccc5c43)c3ccc(-c4ccccc4)cc3-c3ccccc3)cc2)cc1. The van der Waals surface area contributed by atoms with E-state index in [-0.39, 0.29) is 0 Å². The number of hydrogen-bond donors (Lipinski definition) is 0. The maximum Gasteiger partial charge on any atom is 0.140 e. The van der Waals surface area contributed by atoms with E-state index >= 15 is 0 Å². The number of hydrogen-bond acceptors (Lipinski definition) is 2. The third kappa shape index (κ3) is 5.00. The molecule has 0 saturated heterocycles. The van der Waals surface area contributed by atoms with Crippen molar-refractivity contribution >= 4 is 28.0 Å². The molecule has 0 amide bonds. The molecular weight excluding hydrogens is 715 g/mol. The first-order valence-electron chi connectivity index (χ1n) is 20.3. The van der Waals surface area contributed by atoms with Crippen LogP contribution in [0.2, 0.25) is 0 Å². The van der Waals surface area contributed by atoms with Gasteiger partial charge in [0.2, 0.25) is 0 Å². The van der Waals surface area contributed by atoms with E-state index in [1.54, 1.807) is 0 Å². The summed E-state index contributed by atoms with van der Waals surface area (Å²) in [5, 5.41) is 1.16. The molecule has 2 aliphatic rings. The molecule has 0 aliphatic heterocycles. The maximum atomic E-state index is 6.82. The zero-order valence-corrected chi connectivity index (χ0v) is 32.2. The second-order valence-electron chi connectivity index (χ2n) is 15.6. The Balaban J connectivity index is 1.14. The minimum atomic E-state index is -0.567. The average Bonchev–Trinajstić information content (AvgIpc) is 3.94. The van der Waals surface area contributed by atoms with E-state index in [9.17, 15) is 0 Å². The summed E-state index contributed by atoms with van der Waals surface area (Å²) in [5.74, 6) is 0.964. The molecule has 1 unspecified atom stereocenters. The van der Waals surface area contributed by atoms with Crippen LogP contribution < -0.4 is 4.90 Å². The van der Waals surface area contributed by atoms with Crippen LogP contribution in [0.3, 0.4) is 0 Å². The number of benzene rings is 9. The van der Waals surface area contributed by atoms with Gasteiger partial charge in [-0.1, -0.05) is 182 Å². The molecule has 1 atom stereocenters. The monoisotopic (exact) mass is 751 g/mol. The van der Waals surface area contributed by atoms with Crippen molar-refractivity contribution in [2.24, 2.45) is 0 Å². The number of fused-ring (bicyclic) bond motifs is 12. The fourth-order valence-corrected chi connectivity index (χ4v) is 9.97. The quantitative estimate of drug-likeness (QED) is 0.168. The zero-order chi connectivity index (χ0) is 38.9. The topological polar surface area (TPSA) is 16.4 Å². The number of furan rings is 1. The first-order valence-corrected chi connectivity index (χ1v) is 20.3. The third-order valence-electron chi connectivity index (χ3n) is 12.5. The van der Waals surface area contributed by atoms with E-state index in [2.05, 4.69) is 229 Å². The third-order valence-corrected chi connectivity index (χ3v) is 12.5. The summed E-state index contributed by atoms with van der Waals surface area (Å²) >= 11 is 0. The Hall–Kier alpha value is -7.68. The fourth-order valence-electron chi connectivity index (χ4n) is 9.97. The molecule has 12 rings (SSSR count). The Labute approximate surface area is 343 Å². The van der Waals surface area contributed by atoms with Gasteiger partial charge in [-0.3, -0.25) is 0 Å². The van der Waals surface area contributed by atoms with Gasteiger partial charge in [0.1, 0.15) is 11.3 Å². The van der Waals surface area contributed by atoms with Crippen molar-refractivity contribution in [3.63, 3.8) is 0 Å². The molecule has 59 heavy (non-hydrogen) atoms. The average molecular weight is 752 g/mol. The molecule has 0 saturated carbocycles. The first-order chi connectivity index (χ1) is 29.3. The Morgan fingerprint density at radius 1 is 0.339 bits per heavy atom. The summed E-state index contributed by atoms with van der Waals surface area (Å²) in [5.41, 5.74) is 19.4. The lowest BCUT2D eigenvalue weighted by molar-refractivity contribution is 0.628. The Kier molecular flexibility index (Phi) is 7.48. The molecule has 9 aromatic carbocycles. The van der Waals surface area contributed by atoms with Gasteiger partial charge in [-0.15, -0.1) is 0 Å². The standard InChI is InChI=1S/C57H37NO/c1-4-16-38(17-5-1)40-28-31-43(32-29-40)58(53-35-30-42(39-18-6-2-7-19-39)36-49(53)41-20-8-3-9-21-41)44-33-34-46-45-22-10-13-25-50(45)57(52(46)37-44)51-26-14-11-23-47(51)56-55(57)48-24-12-15-27-54(48)59-56/h1-37H. The minimum absolute atomic E-state index is 0.567. The molecule has 0 radical (unpaired) electrons. The van der Waals surface area contributed by atoms with Crippen molar-refractivity contribution in [1.82, 2.24) is 0 Å². The summed E-state index contributed by atoms with van der Waals surface area (Å²) in [6, 6.07) is 81.6. The predicted octanol–water partition coefficient (Wildman–Crippen LogP) is 15.2. The normalized spacial score (nSPS) is 14.5. The summed E-state index contributed by atoms with van der Waals surface area (Å²) in [7, 11) is 0. The van der Waals surface area contributed by atoms with Gasteiger partial charge in [0.25, 0.3) is 0 Å². The van der Waals surface area contributed by atoms with Crippen LogP contribution >= 0.6 is 0 Å². The summed E-state index contributed by atoms with van der Waals surface area (Å²) < 4.78 is 6.82. The fraction of sp³-hybridized carbons (Fsp3) is 0.0175. The molecule has 1 aromatic heterocycles. The van der Waals surface area contributed by atoms with Gasteiger partial charge in [0.05, 0.1) is 11.1 Å². The van der Waals surface area contributed by atoms with Crippen molar-refractivity contribution < 1.29 is 4.42 Å². The van der Waals surface area contributed by atoms with Crippen molar-refractivity contribution in [3.05, 3.63) is 247 Å². The molecule has 10 aromatic rings. The smallest absolute Gasteiger partial charge is 0.140 e. The van der Waals surface area contributed by atoms with E-state index in [0.717, 1.165) is 50.5 Å². The lowest BCUT2D eigenvalue weighted by Crippen LogP contribution is -2.26. The van der Waals surface area contributed by atoms with Gasteiger partial charge < -0.3 is 9.32 Å². The lowest BCUT2D eigenvalue weighted by Gasteiger charge is -2.32. The van der Waals surface area contributed by atoms with Crippen molar-refractivity contribution in [2.75, 3.05) is 4.90 Å². The Bertz CT molecular complexity index is 3200. The van der Waals surface area contributed by atoms with E-state index in [0.29, 0.717) is 0 Å². The van der Waals surface area contributed by atoms with Crippen LogP contribution in [0.1, 0.15) is 22.3 Å². The van der Waals surface area contributed by atoms with Gasteiger partial charge in [-0.2, -0.15) is 0 Å². The zero-order valence-electron chi connectivity index (χ0n) is 32.2. The summed E-state index contributed by atoms with van der Waals surface area (Å²) in [4.78, 5) is 2.46. The van der Waals surface area contributed by atoms with E-state index in [1.807, 2.05) is 0 Å². The van der Waals surface area contributed by atoms with Gasteiger partial charge in [0, 0.05) is 33.5 Å². The number of nitrogens with zero attached hydrogens (tertiary/aromatic N) is 1. The van der Waals surface area contributed by atoms with Crippen LogP contribution in [-0.2, 0) is 5.41 Å². The van der Waals surface area contributed by atoms with Crippen molar-refractivity contribution in [3.8, 4) is 55.8 Å². The van der Waals surface area contributed by atoms with Crippen LogP contribution in [0, 0.1) is 0 Å².